The van der Waals surface area contributed by atoms with Gasteiger partial charge >= 0.3 is 0 Å². The van der Waals surface area contributed by atoms with Gasteiger partial charge in [0.2, 0.25) is 5.91 Å². The number of amides is 1. The molecular formula is C14H20N2O2. The van der Waals surface area contributed by atoms with Crippen LogP contribution >= 0.6 is 0 Å². The third kappa shape index (κ3) is 2.82. The molecule has 0 radical (unpaired) electrons. The summed E-state index contributed by atoms with van der Waals surface area (Å²) in [5.74, 6) is 0.346. The molecule has 1 saturated carbocycles. The van der Waals surface area contributed by atoms with Crippen molar-refractivity contribution in [2.24, 2.45) is 5.73 Å². The molecular weight excluding hydrogens is 228 g/mol. The molecule has 0 saturated heterocycles. The molecule has 1 unspecified atom stereocenters. The van der Waals surface area contributed by atoms with Crippen molar-refractivity contribution in [2.45, 2.75) is 37.8 Å². The number of nitrogens with two attached hydrogens (primary N) is 1. The number of nitrogens with one attached hydrogen (secondary N) is 1. The van der Waals surface area contributed by atoms with Crippen LogP contribution < -0.4 is 15.8 Å². The minimum Gasteiger partial charge on any atom is -0.496 e. The van der Waals surface area contributed by atoms with Gasteiger partial charge < -0.3 is 10.5 Å². The van der Waals surface area contributed by atoms with Gasteiger partial charge in [-0.05, 0) is 18.9 Å². The fourth-order valence-corrected chi connectivity index (χ4v) is 2.56. The first-order valence-corrected chi connectivity index (χ1v) is 6.40. The van der Waals surface area contributed by atoms with Gasteiger partial charge in [0.15, 0.2) is 0 Å². The highest BCUT2D eigenvalue weighted by Gasteiger charge is 2.25. The molecule has 0 bridgehead atoms. The second-order valence-corrected chi connectivity index (χ2v) is 4.73. The molecule has 1 aromatic rings. The van der Waals surface area contributed by atoms with Crippen LogP contribution in [0, 0.1) is 0 Å². The van der Waals surface area contributed by atoms with Crippen LogP contribution in [0.5, 0.6) is 5.75 Å². The molecule has 0 heterocycles. The summed E-state index contributed by atoms with van der Waals surface area (Å²) in [6.07, 6.45) is 4.65. The highest BCUT2D eigenvalue weighted by molar-refractivity contribution is 5.82. The summed E-state index contributed by atoms with van der Waals surface area (Å²) in [6, 6.07) is 7.43. The Kier molecular flexibility index (Phi) is 4.20. The Morgan fingerprint density at radius 2 is 2.06 bits per heavy atom. The largest absolute Gasteiger partial charge is 0.496 e. The van der Waals surface area contributed by atoms with Crippen LogP contribution in [0.1, 0.15) is 37.3 Å². The Morgan fingerprint density at radius 1 is 1.39 bits per heavy atom. The van der Waals surface area contributed by atoms with Gasteiger partial charge in [0.25, 0.3) is 0 Å². The van der Waals surface area contributed by atoms with Crippen molar-refractivity contribution >= 4 is 5.91 Å². The molecule has 1 fully saturated rings. The van der Waals surface area contributed by atoms with Gasteiger partial charge in [-0.15, -0.1) is 0 Å². The van der Waals surface area contributed by atoms with E-state index in [-0.39, 0.29) is 5.91 Å². The maximum absolute atomic E-state index is 11.7. The van der Waals surface area contributed by atoms with E-state index in [1.54, 1.807) is 7.11 Å². The number of hydrogen-bond acceptors (Lipinski definition) is 3. The predicted molar refractivity (Wildman–Crippen MR) is 70.3 cm³/mol. The molecule has 1 aliphatic carbocycles. The molecule has 1 aliphatic rings. The van der Waals surface area contributed by atoms with Crippen molar-refractivity contribution < 1.29 is 9.53 Å². The van der Waals surface area contributed by atoms with Gasteiger partial charge in [-0.2, -0.15) is 0 Å². The molecule has 0 aliphatic heterocycles. The number of ether oxygens (including phenoxy) is 1. The highest BCUT2D eigenvalue weighted by atomic mass is 16.5. The van der Waals surface area contributed by atoms with Crippen LogP contribution in [0.25, 0.3) is 0 Å². The quantitative estimate of drug-likeness (QED) is 0.834. The first kappa shape index (κ1) is 12.9. The standard InChI is InChI=1S/C14H20N2O2/c1-18-12-9-5-4-8-11(12)13(14(15)17)16-10-6-2-3-7-10/h4-5,8-10,13,16H,2-3,6-7H2,1H3,(H2,15,17). The topological polar surface area (TPSA) is 64.3 Å². The zero-order chi connectivity index (χ0) is 13.0. The molecule has 2 rings (SSSR count). The molecule has 18 heavy (non-hydrogen) atoms. The van der Waals surface area contributed by atoms with Crippen molar-refractivity contribution in [3.05, 3.63) is 29.8 Å². The van der Waals surface area contributed by atoms with Crippen molar-refractivity contribution in [2.75, 3.05) is 7.11 Å². The number of benzene rings is 1. The zero-order valence-electron chi connectivity index (χ0n) is 10.7. The molecule has 0 aromatic heterocycles. The second-order valence-electron chi connectivity index (χ2n) is 4.73. The lowest BCUT2D eigenvalue weighted by molar-refractivity contribution is -0.120. The number of primary amides is 1. The summed E-state index contributed by atoms with van der Waals surface area (Å²) < 4.78 is 5.29. The normalized spacial score (nSPS) is 17.6. The van der Waals surface area contributed by atoms with Gasteiger partial charge in [-0.3, -0.25) is 10.1 Å². The van der Waals surface area contributed by atoms with Crippen molar-refractivity contribution in [1.82, 2.24) is 5.32 Å². The molecule has 0 spiro atoms. The summed E-state index contributed by atoms with van der Waals surface area (Å²) in [5.41, 5.74) is 6.33. The van der Waals surface area contributed by atoms with Crippen LogP contribution in [0.15, 0.2) is 24.3 Å². The third-order valence-corrected chi connectivity index (χ3v) is 3.49. The first-order valence-electron chi connectivity index (χ1n) is 6.40. The molecule has 3 N–H and O–H groups in total. The average Bonchev–Trinajstić information content (AvgIpc) is 2.88. The van der Waals surface area contributed by atoms with E-state index >= 15 is 0 Å². The zero-order valence-corrected chi connectivity index (χ0v) is 10.7. The number of carbonyl (C=O) groups is 1. The Labute approximate surface area is 108 Å². The van der Waals surface area contributed by atoms with E-state index in [4.69, 9.17) is 10.5 Å². The number of para-hydroxylation sites is 1. The average molecular weight is 248 g/mol. The van der Waals surface area contributed by atoms with Crippen LogP contribution in [0.2, 0.25) is 0 Å². The van der Waals surface area contributed by atoms with Crippen molar-refractivity contribution in [1.29, 1.82) is 0 Å². The van der Waals surface area contributed by atoms with Crippen LogP contribution in [0.4, 0.5) is 0 Å². The number of hydrogen-bond donors (Lipinski definition) is 2. The first-order chi connectivity index (χ1) is 8.72. The molecule has 1 aromatic carbocycles. The van der Waals surface area contributed by atoms with E-state index in [1.807, 2.05) is 24.3 Å². The van der Waals surface area contributed by atoms with E-state index in [0.717, 1.165) is 18.4 Å². The monoisotopic (exact) mass is 248 g/mol. The van der Waals surface area contributed by atoms with Gasteiger partial charge in [-0.1, -0.05) is 31.0 Å². The SMILES string of the molecule is COc1ccccc1C(NC1CCCC1)C(N)=O. The van der Waals surface area contributed by atoms with Gasteiger partial charge in [0.05, 0.1) is 7.11 Å². The van der Waals surface area contributed by atoms with E-state index in [1.165, 1.54) is 12.8 Å². The predicted octanol–water partition coefficient (Wildman–Crippen LogP) is 1.75. The van der Waals surface area contributed by atoms with Crippen LogP contribution in [-0.2, 0) is 4.79 Å². The highest BCUT2D eigenvalue weighted by Crippen LogP contribution is 2.27. The number of methoxy groups -OCH3 is 1. The molecule has 4 nitrogen and oxygen atoms in total. The van der Waals surface area contributed by atoms with E-state index in [2.05, 4.69) is 5.32 Å². The van der Waals surface area contributed by atoms with E-state index in [9.17, 15) is 4.79 Å². The fourth-order valence-electron chi connectivity index (χ4n) is 2.56. The minimum atomic E-state index is -0.468. The van der Waals surface area contributed by atoms with Crippen molar-refractivity contribution in [3.63, 3.8) is 0 Å². The lowest BCUT2D eigenvalue weighted by Gasteiger charge is -2.22. The Morgan fingerprint density at radius 3 is 2.67 bits per heavy atom. The molecule has 98 valence electrons. The van der Waals surface area contributed by atoms with E-state index < -0.39 is 6.04 Å². The summed E-state index contributed by atoms with van der Waals surface area (Å²) in [7, 11) is 1.60. The maximum atomic E-state index is 11.7. The van der Waals surface area contributed by atoms with Crippen molar-refractivity contribution in [3.8, 4) is 5.75 Å². The summed E-state index contributed by atoms with van der Waals surface area (Å²) in [4.78, 5) is 11.7. The Bertz CT molecular complexity index is 414. The van der Waals surface area contributed by atoms with Gasteiger partial charge in [0.1, 0.15) is 11.8 Å². The third-order valence-electron chi connectivity index (χ3n) is 3.49. The summed E-state index contributed by atoms with van der Waals surface area (Å²) >= 11 is 0. The van der Waals surface area contributed by atoms with Gasteiger partial charge in [0, 0.05) is 11.6 Å². The molecule has 1 atom stereocenters. The molecule has 1 amide bonds. The lowest BCUT2D eigenvalue weighted by atomic mass is 10.0. The summed E-state index contributed by atoms with van der Waals surface area (Å²) in [5, 5.41) is 3.35. The number of rotatable bonds is 5. The fraction of sp³-hybridized carbons (Fsp3) is 0.500. The van der Waals surface area contributed by atoms with E-state index in [0.29, 0.717) is 11.8 Å². The Hall–Kier alpha value is -1.55. The van der Waals surface area contributed by atoms with Crippen LogP contribution in [-0.4, -0.2) is 19.1 Å². The minimum absolute atomic E-state index is 0.355. The second kappa shape index (κ2) is 5.87. The lowest BCUT2D eigenvalue weighted by Crippen LogP contribution is -2.39. The number of carbonyl (C=O) groups excluding carboxylic acids is 1. The Balaban J connectivity index is 2.20. The van der Waals surface area contributed by atoms with Gasteiger partial charge in [-0.25, -0.2) is 0 Å². The smallest absolute Gasteiger partial charge is 0.239 e. The summed E-state index contributed by atoms with van der Waals surface area (Å²) in [6.45, 7) is 0. The maximum Gasteiger partial charge on any atom is 0.239 e. The van der Waals surface area contributed by atoms with Crippen LogP contribution in [0.3, 0.4) is 0 Å². The molecule has 4 heteroatoms.